The molecule has 2 aromatic carbocycles. The zero-order chi connectivity index (χ0) is 27.1. The molecule has 5 nitrogen and oxygen atoms in total. The van der Waals surface area contributed by atoms with E-state index in [1.54, 1.807) is 6.07 Å². The molecule has 0 heterocycles. The van der Waals surface area contributed by atoms with Crippen LogP contribution in [0.4, 0.5) is 11.4 Å². The number of nitrogens with one attached hydrogen (secondary N) is 1. The van der Waals surface area contributed by atoms with E-state index in [1.807, 2.05) is 58.0 Å². The Kier molecular flexibility index (Phi) is 10.2. The molecule has 0 spiro atoms. The number of rotatable bonds is 10. The standard InChI is InChI=1S/C32H46N2O3/c1-20(2)28-16-11-22(5)17-25(28)9-8-10-31(33-26-12-14-27(15-13-26)37-21(3)4)34-30-19-29(32(35)36)23(6)18-24(30)7/h12-15,18-22,25,28H,8-11,16-17H2,1-7H3,(H,33,34)(H,35,36)/t22-,25-,28+/m1/s1. The average molecular weight is 507 g/mol. The number of nitrogens with zero attached hydrogens (tertiary/aromatic N) is 1. The predicted molar refractivity (Wildman–Crippen MR) is 154 cm³/mol. The Balaban J connectivity index is 1.82. The minimum absolute atomic E-state index is 0.126. The maximum atomic E-state index is 11.8. The summed E-state index contributed by atoms with van der Waals surface area (Å²) >= 11 is 0. The van der Waals surface area contributed by atoms with E-state index < -0.39 is 5.97 Å². The van der Waals surface area contributed by atoms with E-state index in [4.69, 9.17) is 9.73 Å². The van der Waals surface area contributed by atoms with Crippen molar-refractivity contribution in [3.05, 3.63) is 53.1 Å². The Morgan fingerprint density at radius 1 is 1.08 bits per heavy atom. The number of carboxylic acid groups (broad SMARTS) is 1. The van der Waals surface area contributed by atoms with Gasteiger partial charge in [0, 0.05) is 12.1 Å². The molecule has 0 radical (unpaired) electrons. The van der Waals surface area contributed by atoms with Crippen molar-refractivity contribution in [3.63, 3.8) is 0 Å². The molecule has 3 atom stereocenters. The number of ether oxygens (including phenoxy) is 1. The van der Waals surface area contributed by atoms with Crippen molar-refractivity contribution < 1.29 is 14.6 Å². The van der Waals surface area contributed by atoms with Crippen molar-refractivity contribution in [2.45, 2.75) is 93.1 Å². The number of hydrogen-bond donors (Lipinski definition) is 2. The van der Waals surface area contributed by atoms with E-state index in [0.717, 1.165) is 64.9 Å². The van der Waals surface area contributed by atoms with Crippen LogP contribution in [0.1, 0.15) is 94.6 Å². The van der Waals surface area contributed by atoms with Gasteiger partial charge in [0.05, 0.1) is 17.4 Å². The number of amidine groups is 1. The number of hydrogen-bond acceptors (Lipinski definition) is 3. The third kappa shape index (κ3) is 8.34. The van der Waals surface area contributed by atoms with Gasteiger partial charge in [-0.1, -0.05) is 33.3 Å². The monoisotopic (exact) mass is 506 g/mol. The molecule has 2 aromatic rings. The van der Waals surface area contributed by atoms with E-state index >= 15 is 0 Å². The van der Waals surface area contributed by atoms with Crippen LogP contribution in [0, 0.1) is 37.5 Å². The second kappa shape index (κ2) is 13.1. The highest BCUT2D eigenvalue weighted by Crippen LogP contribution is 2.40. The van der Waals surface area contributed by atoms with Crippen LogP contribution in [0.5, 0.6) is 5.75 Å². The van der Waals surface area contributed by atoms with Gasteiger partial charge in [-0.15, -0.1) is 0 Å². The fourth-order valence-corrected chi connectivity index (χ4v) is 5.80. The highest BCUT2D eigenvalue weighted by molar-refractivity contribution is 5.98. The van der Waals surface area contributed by atoms with Crippen LogP contribution in [0.25, 0.3) is 0 Å². The van der Waals surface area contributed by atoms with Gasteiger partial charge >= 0.3 is 5.97 Å². The van der Waals surface area contributed by atoms with Crippen LogP contribution in [0.15, 0.2) is 41.4 Å². The molecule has 1 aliphatic rings. The summed E-state index contributed by atoms with van der Waals surface area (Å²) in [6.07, 6.45) is 7.20. The highest BCUT2D eigenvalue weighted by Gasteiger charge is 2.30. The van der Waals surface area contributed by atoms with Crippen molar-refractivity contribution in [1.82, 2.24) is 0 Å². The Morgan fingerprint density at radius 2 is 1.78 bits per heavy atom. The van der Waals surface area contributed by atoms with Gasteiger partial charge in [0.2, 0.25) is 0 Å². The summed E-state index contributed by atoms with van der Waals surface area (Å²) in [6, 6.07) is 11.6. The first kappa shape index (κ1) is 28.7. The zero-order valence-electron chi connectivity index (χ0n) is 23.8. The molecule has 0 amide bonds. The van der Waals surface area contributed by atoms with Crippen LogP contribution in [-0.2, 0) is 0 Å². The molecule has 1 aliphatic carbocycles. The van der Waals surface area contributed by atoms with Crippen molar-refractivity contribution in [2.75, 3.05) is 5.32 Å². The van der Waals surface area contributed by atoms with E-state index in [-0.39, 0.29) is 6.10 Å². The summed E-state index contributed by atoms with van der Waals surface area (Å²) in [4.78, 5) is 16.7. The molecule has 3 rings (SSSR count). The van der Waals surface area contributed by atoms with Crippen molar-refractivity contribution in [3.8, 4) is 5.75 Å². The molecule has 1 saturated carbocycles. The quantitative estimate of drug-likeness (QED) is 0.249. The molecule has 1 fully saturated rings. The van der Waals surface area contributed by atoms with Crippen molar-refractivity contribution >= 4 is 23.2 Å². The number of benzene rings is 2. The topological polar surface area (TPSA) is 70.9 Å². The van der Waals surface area contributed by atoms with Crippen LogP contribution in [0.3, 0.4) is 0 Å². The van der Waals surface area contributed by atoms with Gasteiger partial charge < -0.3 is 15.2 Å². The third-order valence-corrected chi connectivity index (χ3v) is 7.69. The Hall–Kier alpha value is -2.82. The number of carbonyl (C=O) groups is 1. The summed E-state index contributed by atoms with van der Waals surface area (Å²) in [5.41, 5.74) is 3.68. The summed E-state index contributed by atoms with van der Waals surface area (Å²) in [5.74, 6) is 3.88. The van der Waals surface area contributed by atoms with E-state index in [2.05, 4.69) is 26.1 Å². The summed E-state index contributed by atoms with van der Waals surface area (Å²) in [6.45, 7) is 15.0. The maximum Gasteiger partial charge on any atom is 0.336 e. The fraction of sp³-hybridized carbons (Fsp3) is 0.562. The van der Waals surface area contributed by atoms with E-state index in [0.29, 0.717) is 11.3 Å². The molecule has 0 aromatic heterocycles. The van der Waals surface area contributed by atoms with Gasteiger partial charge in [0.1, 0.15) is 11.6 Å². The summed E-state index contributed by atoms with van der Waals surface area (Å²) in [7, 11) is 0. The summed E-state index contributed by atoms with van der Waals surface area (Å²) < 4.78 is 5.79. The molecule has 202 valence electrons. The van der Waals surface area contributed by atoms with Crippen LogP contribution in [0.2, 0.25) is 0 Å². The predicted octanol–water partition coefficient (Wildman–Crippen LogP) is 8.81. The van der Waals surface area contributed by atoms with Crippen LogP contribution < -0.4 is 10.1 Å². The minimum atomic E-state index is -0.921. The first-order chi connectivity index (χ1) is 17.5. The van der Waals surface area contributed by atoms with Gasteiger partial charge in [-0.05, 0) is 119 Å². The molecule has 0 bridgehead atoms. The number of aromatic carboxylic acids is 1. The molecule has 0 unspecified atom stereocenters. The lowest BCUT2D eigenvalue weighted by atomic mass is 9.68. The molecule has 0 saturated heterocycles. The Bertz CT molecular complexity index is 1070. The fourth-order valence-electron chi connectivity index (χ4n) is 5.80. The second-order valence-electron chi connectivity index (χ2n) is 11.6. The minimum Gasteiger partial charge on any atom is -0.491 e. The molecular formula is C32H46N2O3. The molecule has 0 aliphatic heterocycles. The zero-order valence-corrected chi connectivity index (χ0v) is 23.8. The van der Waals surface area contributed by atoms with Crippen molar-refractivity contribution in [1.29, 1.82) is 0 Å². The molecule has 2 N–H and O–H groups in total. The van der Waals surface area contributed by atoms with Gasteiger partial charge in [-0.25, -0.2) is 9.79 Å². The first-order valence-electron chi connectivity index (χ1n) is 14.0. The van der Waals surface area contributed by atoms with Gasteiger partial charge in [0.15, 0.2) is 0 Å². The Labute approximate surface area is 223 Å². The van der Waals surface area contributed by atoms with Gasteiger partial charge in [-0.2, -0.15) is 0 Å². The lowest BCUT2D eigenvalue weighted by Crippen LogP contribution is -2.27. The smallest absolute Gasteiger partial charge is 0.336 e. The van der Waals surface area contributed by atoms with Gasteiger partial charge in [-0.3, -0.25) is 0 Å². The normalized spacial score (nSPS) is 20.4. The van der Waals surface area contributed by atoms with Crippen LogP contribution in [-0.4, -0.2) is 23.0 Å². The molecule has 37 heavy (non-hydrogen) atoms. The average Bonchev–Trinajstić information content (AvgIpc) is 2.81. The Morgan fingerprint density at radius 3 is 2.41 bits per heavy atom. The second-order valence-corrected chi connectivity index (χ2v) is 11.6. The number of anilines is 1. The van der Waals surface area contributed by atoms with Crippen LogP contribution >= 0.6 is 0 Å². The lowest BCUT2D eigenvalue weighted by molar-refractivity contribution is 0.0696. The van der Waals surface area contributed by atoms with E-state index in [9.17, 15) is 9.90 Å². The van der Waals surface area contributed by atoms with E-state index in [1.165, 1.54) is 25.7 Å². The lowest BCUT2D eigenvalue weighted by Gasteiger charge is -2.37. The largest absolute Gasteiger partial charge is 0.491 e. The maximum absolute atomic E-state index is 11.8. The third-order valence-electron chi connectivity index (χ3n) is 7.69. The SMILES string of the molecule is Cc1cc(C)c(C(=O)O)cc1N=C(CCC[C@@H]1C[C@H](C)CC[C@H]1C(C)C)Nc1ccc(OC(C)C)cc1. The highest BCUT2D eigenvalue weighted by atomic mass is 16.5. The van der Waals surface area contributed by atoms with Crippen molar-refractivity contribution in [2.24, 2.45) is 28.7 Å². The summed E-state index contributed by atoms with van der Waals surface area (Å²) in [5, 5.41) is 13.2. The molecular weight excluding hydrogens is 460 g/mol. The number of aliphatic imine (C=N–C) groups is 1. The van der Waals surface area contributed by atoms with Gasteiger partial charge in [0.25, 0.3) is 0 Å². The molecule has 5 heteroatoms. The number of aryl methyl sites for hydroxylation is 2. The first-order valence-corrected chi connectivity index (χ1v) is 14.0. The number of carboxylic acids is 1.